The summed E-state index contributed by atoms with van der Waals surface area (Å²) in [6.45, 7) is 13.7. The number of likely N-dealkylation sites (tertiary alicyclic amines) is 1. The van der Waals surface area contributed by atoms with Gasteiger partial charge in [-0.25, -0.2) is 0 Å². The molecule has 3 amide bonds. The number of nitrogens with two attached hydrogens (primary N) is 1. The number of piperidine rings is 1. The van der Waals surface area contributed by atoms with Gasteiger partial charge in [-0.3, -0.25) is 28.8 Å². The molecule has 1 saturated heterocycles. The van der Waals surface area contributed by atoms with Gasteiger partial charge >= 0.3 is 0 Å². The molecule has 0 aromatic heterocycles. The minimum absolute atomic E-state index is 0.0415. The molecule has 0 aromatic rings. The molecule has 216 valence electrons. The van der Waals surface area contributed by atoms with Gasteiger partial charge in [-0.05, 0) is 41.1 Å². The van der Waals surface area contributed by atoms with Crippen molar-refractivity contribution in [2.45, 2.75) is 85.6 Å². The number of carbonyl (C=O) groups excluding carboxylic acids is 6. The Bertz CT molecular complexity index is 1040. The summed E-state index contributed by atoms with van der Waals surface area (Å²) >= 11 is 0. The predicted molar refractivity (Wildman–Crippen MR) is 146 cm³/mol. The number of nitrogens with zero attached hydrogens (tertiary/aromatic N) is 1. The van der Waals surface area contributed by atoms with Crippen LogP contribution in [0.1, 0.15) is 79.6 Å². The lowest BCUT2D eigenvalue weighted by molar-refractivity contribution is -0.145. The molecule has 9 heteroatoms. The van der Waals surface area contributed by atoms with Gasteiger partial charge in [0.2, 0.25) is 17.6 Å². The first-order valence-corrected chi connectivity index (χ1v) is 14.2. The first kappa shape index (κ1) is 30.7. The van der Waals surface area contributed by atoms with Crippen molar-refractivity contribution in [3.8, 4) is 0 Å². The maximum atomic E-state index is 13.9. The monoisotopic (exact) mass is 543 g/mol. The Kier molecular flexibility index (Phi) is 9.23. The number of rotatable bonds is 14. The van der Waals surface area contributed by atoms with Gasteiger partial charge < -0.3 is 16.0 Å². The first-order chi connectivity index (χ1) is 18.1. The number of amides is 3. The third kappa shape index (κ3) is 7.22. The van der Waals surface area contributed by atoms with E-state index >= 15 is 0 Å². The Hall–Kier alpha value is -2.84. The summed E-state index contributed by atoms with van der Waals surface area (Å²) in [6.07, 6.45) is 4.65. The zero-order valence-corrected chi connectivity index (χ0v) is 24.1. The van der Waals surface area contributed by atoms with Crippen molar-refractivity contribution in [3.63, 3.8) is 0 Å². The van der Waals surface area contributed by atoms with Crippen LogP contribution >= 0.6 is 0 Å². The maximum Gasteiger partial charge on any atom is 0.285 e. The van der Waals surface area contributed by atoms with Crippen LogP contribution in [0.2, 0.25) is 0 Å². The van der Waals surface area contributed by atoms with Gasteiger partial charge in [0.05, 0.1) is 12.0 Å². The number of primary amides is 1. The molecular weight excluding hydrogens is 498 g/mol. The van der Waals surface area contributed by atoms with Gasteiger partial charge in [-0.1, -0.05) is 60.5 Å². The molecule has 1 aliphatic heterocycles. The van der Waals surface area contributed by atoms with Gasteiger partial charge in [0, 0.05) is 38.3 Å². The van der Waals surface area contributed by atoms with Crippen LogP contribution in [0, 0.1) is 40.4 Å². The Balaban J connectivity index is 1.82. The lowest BCUT2D eigenvalue weighted by Gasteiger charge is -2.34. The Morgan fingerprint density at radius 3 is 2.23 bits per heavy atom. The minimum atomic E-state index is -1.04. The Labute approximate surface area is 231 Å². The summed E-state index contributed by atoms with van der Waals surface area (Å²) in [7, 11) is 0. The van der Waals surface area contributed by atoms with Crippen molar-refractivity contribution in [1.29, 1.82) is 0 Å². The van der Waals surface area contributed by atoms with Gasteiger partial charge in [0.1, 0.15) is 5.78 Å². The van der Waals surface area contributed by atoms with Crippen LogP contribution in [0.15, 0.2) is 12.7 Å². The quantitative estimate of drug-likeness (QED) is 0.255. The van der Waals surface area contributed by atoms with Gasteiger partial charge in [-0.2, -0.15) is 0 Å². The summed E-state index contributed by atoms with van der Waals surface area (Å²) in [5, 5.41) is 2.64. The van der Waals surface area contributed by atoms with Crippen LogP contribution in [0.25, 0.3) is 0 Å². The van der Waals surface area contributed by atoms with E-state index in [9.17, 15) is 28.8 Å². The molecule has 0 bridgehead atoms. The average Bonchev–Trinajstić information content (AvgIpc) is 3.14. The van der Waals surface area contributed by atoms with Gasteiger partial charge in [0.25, 0.3) is 5.91 Å². The second-order valence-electron chi connectivity index (χ2n) is 13.6. The van der Waals surface area contributed by atoms with E-state index in [2.05, 4.69) is 25.7 Å². The highest BCUT2D eigenvalue weighted by Crippen LogP contribution is 2.65. The molecule has 3 fully saturated rings. The lowest BCUT2D eigenvalue weighted by Crippen LogP contribution is -2.50. The molecule has 0 aromatic carbocycles. The van der Waals surface area contributed by atoms with E-state index in [1.807, 2.05) is 20.8 Å². The van der Waals surface area contributed by atoms with E-state index in [0.29, 0.717) is 18.9 Å². The van der Waals surface area contributed by atoms with Crippen molar-refractivity contribution in [2.75, 3.05) is 13.1 Å². The Morgan fingerprint density at radius 2 is 1.72 bits per heavy atom. The standard InChI is InChI=1S/C30H45N3O6/c1-7-23(36)32-15-19(12-20(34)14-29(2,3)4)28(39)33-16-21-24(30(21,5)6)25(33)22(35)13-18(26(37)27(31)38)11-17-9-8-10-17/h7,17-19,21,24-25H,1,8-16H2,2-6H3,(H2,31,38)(H,32,36)/t18?,19-,21?,24-,25?/m0/s1. The van der Waals surface area contributed by atoms with Crippen molar-refractivity contribution in [1.82, 2.24) is 10.2 Å². The minimum Gasteiger partial charge on any atom is -0.363 e. The van der Waals surface area contributed by atoms with Crippen molar-refractivity contribution >= 4 is 35.1 Å². The molecule has 2 saturated carbocycles. The van der Waals surface area contributed by atoms with Crippen LogP contribution in [0.4, 0.5) is 0 Å². The molecule has 3 unspecified atom stereocenters. The molecule has 1 heterocycles. The zero-order chi connectivity index (χ0) is 29.3. The summed E-state index contributed by atoms with van der Waals surface area (Å²) < 4.78 is 0. The fourth-order valence-corrected chi connectivity index (χ4v) is 6.58. The van der Waals surface area contributed by atoms with Gasteiger partial charge in [0.15, 0.2) is 5.78 Å². The number of carbonyl (C=O) groups is 6. The van der Waals surface area contributed by atoms with E-state index < -0.39 is 35.5 Å². The number of hydrogen-bond acceptors (Lipinski definition) is 6. The topological polar surface area (TPSA) is 144 Å². The first-order valence-electron chi connectivity index (χ1n) is 14.2. The summed E-state index contributed by atoms with van der Waals surface area (Å²) in [4.78, 5) is 78.4. The molecule has 2 aliphatic carbocycles. The number of ketones is 3. The number of fused-ring (bicyclic) bond motifs is 1. The lowest BCUT2D eigenvalue weighted by atomic mass is 9.76. The molecule has 39 heavy (non-hydrogen) atoms. The van der Waals surface area contributed by atoms with Crippen molar-refractivity contribution in [3.05, 3.63) is 12.7 Å². The highest BCUT2D eigenvalue weighted by molar-refractivity contribution is 6.36. The SMILES string of the molecule is C=CC(=O)NC[C@H](CC(=O)CC(C)(C)C)C(=O)N1CC2[C@@H](C1C(=O)CC(CC1CCC1)C(=O)C(N)=O)C2(C)C. The smallest absolute Gasteiger partial charge is 0.285 e. The molecule has 3 N–H and O–H groups in total. The summed E-state index contributed by atoms with van der Waals surface area (Å²) in [6, 6.07) is -0.739. The van der Waals surface area contributed by atoms with E-state index in [1.54, 1.807) is 4.90 Å². The maximum absolute atomic E-state index is 13.9. The average molecular weight is 544 g/mol. The normalized spacial score (nSPS) is 25.1. The van der Waals surface area contributed by atoms with Crippen LogP contribution in [0.3, 0.4) is 0 Å². The zero-order valence-electron chi connectivity index (χ0n) is 24.1. The Morgan fingerprint density at radius 1 is 1.08 bits per heavy atom. The highest BCUT2D eigenvalue weighted by Gasteiger charge is 2.69. The largest absolute Gasteiger partial charge is 0.363 e. The fourth-order valence-electron chi connectivity index (χ4n) is 6.58. The second kappa shape index (κ2) is 11.7. The number of Topliss-reactive ketones (excluding diaryl/α,β-unsaturated/α-hetero) is 3. The molecule has 5 atom stereocenters. The molecular formula is C30H45N3O6. The van der Waals surface area contributed by atoms with E-state index in [1.165, 1.54) is 0 Å². The van der Waals surface area contributed by atoms with Crippen LogP contribution in [-0.4, -0.2) is 59.1 Å². The van der Waals surface area contributed by atoms with E-state index in [0.717, 1.165) is 25.3 Å². The molecule has 0 spiro atoms. The van der Waals surface area contributed by atoms with Crippen LogP contribution in [-0.2, 0) is 28.8 Å². The summed E-state index contributed by atoms with van der Waals surface area (Å²) in [5.41, 5.74) is 4.93. The van der Waals surface area contributed by atoms with E-state index in [4.69, 9.17) is 5.73 Å². The van der Waals surface area contributed by atoms with Crippen LogP contribution in [0.5, 0.6) is 0 Å². The van der Waals surface area contributed by atoms with Crippen molar-refractivity contribution < 1.29 is 28.8 Å². The third-order valence-electron chi connectivity index (χ3n) is 8.98. The summed E-state index contributed by atoms with van der Waals surface area (Å²) in [5.74, 6) is -4.13. The molecule has 3 rings (SSSR count). The predicted octanol–water partition coefficient (Wildman–Crippen LogP) is 2.60. The molecule has 3 aliphatic rings. The highest BCUT2D eigenvalue weighted by atomic mass is 16.2. The van der Waals surface area contributed by atoms with Crippen LogP contribution < -0.4 is 11.1 Å². The third-order valence-corrected chi connectivity index (χ3v) is 8.98. The van der Waals surface area contributed by atoms with Gasteiger partial charge in [-0.15, -0.1) is 0 Å². The molecule has 9 nitrogen and oxygen atoms in total. The molecule has 0 radical (unpaired) electrons. The second-order valence-corrected chi connectivity index (χ2v) is 13.6. The number of hydrogen-bond donors (Lipinski definition) is 2. The fraction of sp³-hybridized carbons (Fsp3) is 0.733. The van der Waals surface area contributed by atoms with E-state index in [-0.39, 0.29) is 65.9 Å². The van der Waals surface area contributed by atoms with Crippen molar-refractivity contribution in [2.24, 2.45) is 46.2 Å². The number of nitrogens with one attached hydrogen (secondary N) is 1.